The van der Waals surface area contributed by atoms with Crippen molar-refractivity contribution in [3.63, 3.8) is 0 Å². The molecule has 0 aliphatic heterocycles. The molecule has 1 unspecified atom stereocenters. The van der Waals surface area contributed by atoms with Crippen molar-refractivity contribution in [1.29, 1.82) is 0 Å². The molecule has 0 fully saturated rings. The van der Waals surface area contributed by atoms with Gasteiger partial charge >= 0.3 is 5.97 Å². The Morgan fingerprint density at radius 1 is 1.33 bits per heavy atom. The van der Waals surface area contributed by atoms with Crippen LogP contribution in [0.1, 0.15) is 18.9 Å². The summed E-state index contributed by atoms with van der Waals surface area (Å²) >= 11 is 0. The Bertz CT molecular complexity index is 390. The molecule has 0 saturated carbocycles. The fourth-order valence-corrected chi connectivity index (χ4v) is 1.68. The third-order valence-electron chi connectivity index (χ3n) is 2.62. The molecule has 5 heteroatoms. The van der Waals surface area contributed by atoms with Crippen molar-refractivity contribution in [2.45, 2.75) is 25.8 Å². The predicted octanol–water partition coefficient (Wildman–Crippen LogP) is 2.05. The fourth-order valence-electron chi connectivity index (χ4n) is 1.68. The summed E-state index contributed by atoms with van der Waals surface area (Å²) in [6.07, 6.45) is 1.05. The van der Waals surface area contributed by atoms with E-state index in [1.165, 1.54) is 19.2 Å². The summed E-state index contributed by atoms with van der Waals surface area (Å²) in [5, 5.41) is 2.99. The van der Waals surface area contributed by atoms with E-state index in [1.54, 1.807) is 0 Å². The van der Waals surface area contributed by atoms with Crippen molar-refractivity contribution in [1.82, 2.24) is 5.32 Å². The number of nitrogens with one attached hydrogen (secondary N) is 1. The molecule has 0 aliphatic carbocycles. The molecule has 18 heavy (non-hydrogen) atoms. The number of hydrogen-bond donors (Lipinski definition) is 1. The smallest absolute Gasteiger partial charge is 0.322 e. The van der Waals surface area contributed by atoms with Gasteiger partial charge in [0, 0.05) is 6.07 Å². The molecule has 0 bridgehead atoms. The number of benzene rings is 1. The van der Waals surface area contributed by atoms with Crippen LogP contribution in [0.5, 0.6) is 0 Å². The van der Waals surface area contributed by atoms with Gasteiger partial charge in [-0.2, -0.15) is 0 Å². The van der Waals surface area contributed by atoms with Crippen LogP contribution in [0.3, 0.4) is 0 Å². The maximum Gasteiger partial charge on any atom is 0.322 e. The second kappa shape index (κ2) is 7.06. The largest absolute Gasteiger partial charge is 0.468 e. The summed E-state index contributed by atoms with van der Waals surface area (Å²) in [7, 11) is 1.33. The van der Waals surface area contributed by atoms with Crippen molar-refractivity contribution in [2.24, 2.45) is 0 Å². The van der Waals surface area contributed by atoms with Gasteiger partial charge in [0.15, 0.2) is 0 Å². The quantitative estimate of drug-likeness (QED) is 0.793. The number of halogens is 2. The zero-order chi connectivity index (χ0) is 13.5. The van der Waals surface area contributed by atoms with E-state index in [2.05, 4.69) is 10.1 Å². The van der Waals surface area contributed by atoms with Gasteiger partial charge in [-0.1, -0.05) is 6.92 Å². The van der Waals surface area contributed by atoms with Gasteiger partial charge in [0.2, 0.25) is 0 Å². The number of carbonyl (C=O) groups excluding carboxylic acids is 1. The van der Waals surface area contributed by atoms with E-state index in [-0.39, 0.29) is 12.0 Å². The molecule has 0 amide bonds. The van der Waals surface area contributed by atoms with E-state index in [0.717, 1.165) is 6.07 Å². The summed E-state index contributed by atoms with van der Waals surface area (Å²) in [6, 6.07) is 3.02. The molecule has 1 aromatic rings. The average Bonchev–Trinajstić information content (AvgIpc) is 2.32. The first kappa shape index (κ1) is 14.6. The van der Waals surface area contributed by atoms with Crippen LogP contribution in [0.15, 0.2) is 18.2 Å². The second-order valence-electron chi connectivity index (χ2n) is 3.97. The first-order valence-electron chi connectivity index (χ1n) is 5.83. The molecule has 0 aromatic heterocycles. The number of hydrogen-bond acceptors (Lipinski definition) is 3. The standard InChI is InChI=1S/C13H17F2NO2/c1-3-12(13(17)18-2)16-5-4-9-6-10(14)8-11(15)7-9/h6-8,12,16H,3-5H2,1-2H3. The van der Waals surface area contributed by atoms with E-state index in [0.29, 0.717) is 24.9 Å². The van der Waals surface area contributed by atoms with Crippen molar-refractivity contribution in [2.75, 3.05) is 13.7 Å². The Morgan fingerprint density at radius 3 is 2.44 bits per heavy atom. The van der Waals surface area contributed by atoms with Gasteiger partial charge in [-0.3, -0.25) is 4.79 Å². The van der Waals surface area contributed by atoms with Crippen molar-refractivity contribution in [3.8, 4) is 0 Å². The minimum Gasteiger partial charge on any atom is -0.468 e. The van der Waals surface area contributed by atoms with Crippen LogP contribution in [0, 0.1) is 11.6 Å². The summed E-state index contributed by atoms with van der Waals surface area (Å²) in [5.74, 6) is -1.52. The minimum atomic E-state index is -0.593. The van der Waals surface area contributed by atoms with Crippen LogP contribution in [0.25, 0.3) is 0 Å². The number of rotatable bonds is 6. The second-order valence-corrected chi connectivity index (χ2v) is 3.97. The zero-order valence-corrected chi connectivity index (χ0v) is 10.5. The molecule has 0 aliphatic rings. The van der Waals surface area contributed by atoms with E-state index in [1.807, 2.05) is 6.92 Å². The third-order valence-corrected chi connectivity index (χ3v) is 2.62. The number of ether oxygens (including phenoxy) is 1. The van der Waals surface area contributed by atoms with Crippen LogP contribution in [-0.4, -0.2) is 25.7 Å². The van der Waals surface area contributed by atoms with Crippen LogP contribution in [-0.2, 0) is 16.0 Å². The fraction of sp³-hybridized carbons (Fsp3) is 0.462. The third kappa shape index (κ3) is 4.41. The Kier molecular flexibility index (Phi) is 5.71. The molecule has 1 aromatic carbocycles. The van der Waals surface area contributed by atoms with Crippen LogP contribution in [0.4, 0.5) is 8.78 Å². The maximum absolute atomic E-state index is 12.9. The van der Waals surface area contributed by atoms with Gasteiger partial charge in [0.25, 0.3) is 0 Å². The Hall–Kier alpha value is -1.49. The van der Waals surface area contributed by atoms with E-state index < -0.39 is 11.6 Å². The van der Waals surface area contributed by atoms with Gasteiger partial charge < -0.3 is 10.1 Å². The van der Waals surface area contributed by atoms with E-state index >= 15 is 0 Å². The monoisotopic (exact) mass is 257 g/mol. The lowest BCUT2D eigenvalue weighted by atomic mass is 10.1. The number of carbonyl (C=O) groups is 1. The van der Waals surface area contributed by atoms with E-state index in [9.17, 15) is 13.6 Å². The lowest BCUT2D eigenvalue weighted by Gasteiger charge is -2.14. The molecular weight excluding hydrogens is 240 g/mol. The van der Waals surface area contributed by atoms with Crippen LogP contribution in [0.2, 0.25) is 0 Å². The highest BCUT2D eigenvalue weighted by molar-refractivity contribution is 5.75. The predicted molar refractivity (Wildman–Crippen MR) is 64.2 cm³/mol. The normalized spacial score (nSPS) is 12.2. The molecule has 1 rings (SSSR count). The highest BCUT2D eigenvalue weighted by Gasteiger charge is 2.15. The number of methoxy groups -OCH3 is 1. The maximum atomic E-state index is 12.9. The molecule has 3 nitrogen and oxygen atoms in total. The van der Waals surface area contributed by atoms with E-state index in [4.69, 9.17) is 0 Å². The average molecular weight is 257 g/mol. The Labute approximate surface area is 105 Å². The molecule has 0 spiro atoms. The highest BCUT2D eigenvalue weighted by atomic mass is 19.1. The van der Waals surface area contributed by atoms with Gasteiger partial charge in [-0.25, -0.2) is 8.78 Å². The van der Waals surface area contributed by atoms with Gasteiger partial charge in [0.1, 0.15) is 17.7 Å². The molecule has 1 atom stereocenters. The molecule has 0 radical (unpaired) electrons. The molecule has 0 heterocycles. The summed E-state index contributed by atoms with van der Waals surface area (Å²) in [4.78, 5) is 11.3. The first-order chi connectivity index (χ1) is 8.56. The summed E-state index contributed by atoms with van der Waals surface area (Å²) in [6.45, 7) is 2.31. The number of esters is 1. The Morgan fingerprint density at radius 2 is 1.94 bits per heavy atom. The van der Waals surface area contributed by atoms with Crippen molar-refractivity contribution >= 4 is 5.97 Å². The van der Waals surface area contributed by atoms with Gasteiger partial charge in [-0.05, 0) is 37.1 Å². The lowest BCUT2D eigenvalue weighted by molar-refractivity contribution is -0.143. The first-order valence-corrected chi connectivity index (χ1v) is 5.83. The van der Waals surface area contributed by atoms with Crippen molar-refractivity contribution < 1.29 is 18.3 Å². The molecule has 100 valence electrons. The SMILES string of the molecule is CCC(NCCc1cc(F)cc(F)c1)C(=O)OC. The highest BCUT2D eigenvalue weighted by Crippen LogP contribution is 2.08. The van der Waals surface area contributed by atoms with Crippen molar-refractivity contribution in [3.05, 3.63) is 35.4 Å². The molecule has 1 N–H and O–H groups in total. The Balaban J connectivity index is 2.47. The topological polar surface area (TPSA) is 38.3 Å². The summed E-state index contributed by atoms with van der Waals surface area (Å²) in [5.41, 5.74) is 0.555. The van der Waals surface area contributed by atoms with Gasteiger partial charge in [-0.15, -0.1) is 0 Å². The minimum absolute atomic E-state index is 0.331. The van der Waals surface area contributed by atoms with Crippen LogP contribution >= 0.6 is 0 Å². The molecular formula is C13H17F2NO2. The zero-order valence-electron chi connectivity index (χ0n) is 10.5. The summed E-state index contributed by atoms with van der Waals surface area (Å²) < 4.78 is 30.5. The van der Waals surface area contributed by atoms with Crippen LogP contribution < -0.4 is 5.32 Å². The lowest BCUT2D eigenvalue weighted by Crippen LogP contribution is -2.38. The molecule has 0 saturated heterocycles. The van der Waals surface area contributed by atoms with Gasteiger partial charge in [0.05, 0.1) is 7.11 Å².